The fourth-order valence-corrected chi connectivity index (χ4v) is 2.33. The van der Waals surface area contributed by atoms with Crippen molar-refractivity contribution in [2.75, 3.05) is 13.1 Å². The number of hydrogen-bond acceptors (Lipinski definition) is 2. The minimum Gasteiger partial charge on any atom is -0.296 e. The average Bonchev–Trinajstić information content (AvgIpc) is 2.58. The second kappa shape index (κ2) is 4.54. The molecule has 1 fully saturated rings. The van der Waals surface area contributed by atoms with Crippen LogP contribution < -0.4 is 0 Å². The Labute approximate surface area is 96.0 Å². The number of halogens is 1. The predicted molar refractivity (Wildman–Crippen MR) is 61.9 cm³/mol. The van der Waals surface area contributed by atoms with E-state index in [2.05, 4.69) is 23.0 Å². The lowest BCUT2D eigenvalue weighted by molar-refractivity contribution is 0.187. The van der Waals surface area contributed by atoms with Crippen LogP contribution in [0.25, 0.3) is 0 Å². The molecule has 1 saturated heterocycles. The molecule has 0 aromatic carbocycles. The van der Waals surface area contributed by atoms with Crippen molar-refractivity contribution in [3.63, 3.8) is 0 Å². The molecule has 2 heterocycles. The van der Waals surface area contributed by atoms with Gasteiger partial charge < -0.3 is 0 Å². The monoisotopic (exact) mass is 227 g/mol. The van der Waals surface area contributed by atoms with E-state index in [1.807, 2.05) is 17.9 Å². The molecule has 2 atom stereocenters. The van der Waals surface area contributed by atoms with Crippen molar-refractivity contribution in [2.45, 2.75) is 25.3 Å². The Morgan fingerprint density at radius 1 is 1.60 bits per heavy atom. The molecule has 2 rings (SSSR count). The van der Waals surface area contributed by atoms with E-state index in [9.17, 15) is 0 Å². The molecule has 1 aromatic heterocycles. The summed E-state index contributed by atoms with van der Waals surface area (Å²) < 4.78 is 1.85. The first-order chi connectivity index (χ1) is 7.15. The molecule has 3 nitrogen and oxygen atoms in total. The van der Waals surface area contributed by atoms with Gasteiger partial charge in [-0.25, -0.2) is 0 Å². The van der Waals surface area contributed by atoms with E-state index in [-0.39, 0.29) is 0 Å². The zero-order chi connectivity index (χ0) is 10.8. The number of rotatable bonds is 2. The minimum absolute atomic E-state index is 0.294. The van der Waals surface area contributed by atoms with Crippen LogP contribution in [0.3, 0.4) is 0 Å². The van der Waals surface area contributed by atoms with Crippen LogP contribution in [-0.2, 0) is 13.6 Å². The number of hydrogen-bond donors (Lipinski definition) is 0. The molecule has 0 radical (unpaired) electrons. The fourth-order valence-electron chi connectivity index (χ4n) is 2.01. The van der Waals surface area contributed by atoms with Crippen molar-refractivity contribution in [1.29, 1.82) is 0 Å². The van der Waals surface area contributed by atoms with Gasteiger partial charge >= 0.3 is 0 Å². The number of nitrogens with zero attached hydrogens (tertiary/aromatic N) is 3. The quantitative estimate of drug-likeness (QED) is 0.720. The van der Waals surface area contributed by atoms with E-state index in [4.69, 9.17) is 11.6 Å². The summed E-state index contributed by atoms with van der Waals surface area (Å²) in [5.41, 5.74) is 1.14. The first kappa shape index (κ1) is 11.0. The number of aryl methyl sites for hydroxylation is 1. The summed E-state index contributed by atoms with van der Waals surface area (Å²) in [6.07, 6.45) is 3.18. The lowest BCUT2D eigenvalue weighted by Gasteiger charge is -2.33. The number of piperidine rings is 1. The van der Waals surface area contributed by atoms with Gasteiger partial charge in [0.15, 0.2) is 0 Å². The Morgan fingerprint density at radius 2 is 2.40 bits per heavy atom. The van der Waals surface area contributed by atoms with Crippen molar-refractivity contribution in [1.82, 2.24) is 14.7 Å². The molecule has 0 bridgehead atoms. The van der Waals surface area contributed by atoms with Gasteiger partial charge in [-0.3, -0.25) is 9.58 Å². The van der Waals surface area contributed by atoms with Gasteiger partial charge in [0.2, 0.25) is 0 Å². The summed E-state index contributed by atoms with van der Waals surface area (Å²) in [6.45, 7) is 5.28. The fraction of sp³-hybridized carbons (Fsp3) is 0.727. The smallest absolute Gasteiger partial charge is 0.0764 e. The van der Waals surface area contributed by atoms with Crippen LogP contribution in [0.2, 0.25) is 0 Å². The van der Waals surface area contributed by atoms with Gasteiger partial charge in [-0.15, -0.1) is 11.6 Å². The van der Waals surface area contributed by atoms with Crippen molar-refractivity contribution in [2.24, 2.45) is 13.0 Å². The number of likely N-dealkylation sites (tertiary alicyclic amines) is 1. The van der Waals surface area contributed by atoms with Gasteiger partial charge in [0, 0.05) is 31.7 Å². The zero-order valence-corrected chi connectivity index (χ0v) is 10.1. The maximum Gasteiger partial charge on any atom is 0.0764 e. The van der Waals surface area contributed by atoms with Crippen molar-refractivity contribution >= 4 is 11.6 Å². The lowest BCUT2D eigenvalue weighted by Crippen LogP contribution is -2.39. The van der Waals surface area contributed by atoms with Gasteiger partial charge in [-0.1, -0.05) is 6.92 Å². The summed E-state index contributed by atoms with van der Waals surface area (Å²) in [5, 5.41) is 4.67. The molecule has 1 aromatic rings. The lowest BCUT2D eigenvalue weighted by atomic mass is 9.98. The second-order valence-electron chi connectivity index (χ2n) is 4.50. The van der Waals surface area contributed by atoms with Crippen molar-refractivity contribution in [3.05, 3.63) is 18.0 Å². The molecular formula is C11H18ClN3. The molecule has 15 heavy (non-hydrogen) atoms. The number of aromatic nitrogens is 2. The van der Waals surface area contributed by atoms with Crippen molar-refractivity contribution < 1.29 is 0 Å². The second-order valence-corrected chi connectivity index (χ2v) is 5.06. The predicted octanol–water partition coefficient (Wildman–Crippen LogP) is 1.87. The maximum atomic E-state index is 6.27. The van der Waals surface area contributed by atoms with E-state index in [1.54, 1.807) is 0 Å². The topological polar surface area (TPSA) is 21.1 Å². The van der Waals surface area contributed by atoms with Gasteiger partial charge in [-0.05, 0) is 24.9 Å². The van der Waals surface area contributed by atoms with E-state index >= 15 is 0 Å². The molecule has 4 heteroatoms. The third-order valence-corrected chi connectivity index (χ3v) is 3.67. The highest BCUT2D eigenvalue weighted by Gasteiger charge is 2.24. The molecule has 0 spiro atoms. The summed E-state index contributed by atoms with van der Waals surface area (Å²) in [4.78, 5) is 2.39. The highest BCUT2D eigenvalue weighted by atomic mass is 35.5. The molecule has 1 aliphatic rings. The van der Waals surface area contributed by atoms with Crippen LogP contribution in [0, 0.1) is 5.92 Å². The maximum absolute atomic E-state index is 6.27. The third kappa shape index (κ3) is 2.73. The van der Waals surface area contributed by atoms with Gasteiger partial charge in [-0.2, -0.15) is 5.10 Å². The van der Waals surface area contributed by atoms with Crippen LogP contribution in [-0.4, -0.2) is 33.1 Å². The summed E-state index contributed by atoms with van der Waals surface area (Å²) in [6, 6.07) is 2.07. The van der Waals surface area contributed by atoms with Crippen LogP contribution in [0.15, 0.2) is 12.3 Å². The van der Waals surface area contributed by atoms with E-state index in [0.29, 0.717) is 11.3 Å². The zero-order valence-electron chi connectivity index (χ0n) is 9.36. The first-order valence-electron chi connectivity index (χ1n) is 5.50. The molecule has 0 N–H and O–H groups in total. The Hall–Kier alpha value is -0.540. The summed E-state index contributed by atoms with van der Waals surface area (Å²) in [7, 11) is 1.95. The Bertz CT molecular complexity index is 323. The van der Waals surface area contributed by atoms with Gasteiger partial charge in [0.25, 0.3) is 0 Å². The highest BCUT2D eigenvalue weighted by molar-refractivity contribution is 6.21. The van der Waals surface area contributed by atoms with E-state index < -0.39 is 0 Å². The third-order valence-electron chi connectivity index (χ3n) is 3.11. The minimum atomic E-state index is 0.294. The molecule has 2 unspecified atom stereocenters. The Morgan fingerprint density at radius 3 is 3.00 bits per heavy atom. The molecule has 0 amide bonds. The normalized spacial score (nSPS) is 28.2. The largest absolute Gasteiger partial charge is 0.296 e. The molecule has 1 aliphatic heterocycles. The Kier molecular flexibility index (Phi) is 3.32. The average molecular weight is 228 g/mol. The summed E-state index contributed by atoms with van der Waals surface area (Å²) >= 11 is 6.27. The first-order valence-corrected chi connectivity index (χ1v) is 5.94. The standard InChI is InChI=1S/C11H18ClN3/c1-9-3-6-15(8-11(9)12)7-10-4-5-14(2)13-10/h4-5,9,11H,3,6-8H2,1-2H3. The van der Waals surface area contributed by atoms with Gasteiger partial charge in [0.1, 0.15) is 0 Å². The van der Waals surface area contributed by atoms with E-state index in [1.165, 1.54) is 6.42 Å². The Balaban J connectivity index is 1.90. The number of alkyl halides is 1. The van der Waals surface area contributed by atoms with Gasteiger partial charge in [0.05, 0.1) is 5.69 Å². The van der Waals surface area contributed by atoms with Crippen molar-refractivity contribution in [3.8, 4) is 0 Å². The van der Waals surface area contributed by atoms with Crippen LogP contribution in [0.5, 0.6) is 0 Å². The van der Waals surface area contributed by atoms with Crippen LogP contribution >= 0.6 is 11.6 Å². The molecule has 84 valence electrons. The summed E-state index contributed by atoms with van der Waals surface area (Å²) in [5.74, 6) is 0.645. The highest BCUT2D eigenvalue weighted by Crippen LogP contribution is 2.22. The van der Waals surface area contributed by atoms with Crippen LogP contribution in [0.1, 0.15) is 19.0 Å². The van der Waals surface area contributed by atoms with E-state index in [0.717, 1.165) is 25.3 Å². The van der Waals surface area contributed by atoms with Crippen LogP contribution in [0.4, 0.5) is 0 Å². The molecule has 0 saturated carbocycles. The molecular weight excluding hydrogens is 210 g/mol. The molecule has 0 aliphatic carbocycles. The SMILES string of the molecule is CC1CCN(Cc2ccn(C)n2)CC1Cl.